The lowest BCUT2D eigenvalue weighted by Gasteiger charge is -2.22. The minimum atomic E-state index is 0.731. The molecule has 0 unspecified atom stereocenters. The summed E-state index contributed by atoms with van der Waals surface area (Å²) in [6.07, 6.45) is 13.1. The summed E-state index contributed by atoms with van der Waals surface area (Å²) < 4.78 is 0. The van der Waals surface area contributed by atoms with Crippen molar-refractivity contribution in [2.75, 3.05) is 5.33 Å². The van der Waals surface area contributed by atoms with E-state index in [9.17, 15) is 0 Å². The van der Waals surface area contributed by atoms with Gasteiger partial charge < -0.3 is 0 Å². The Morgan fingerprint density at radius 3 is 2.23 bits per heavy atom. The highest BCUT2D eigenvalue weighted by molar-refractivity contribution is 9.09. The summed E-state index contributed by atoms with van der Waals surface area (Å²) in [5, 5.41) is 1.18. The summed E-state index contributed by atoms with van der Waals surface area (Å²) in [7, 11) is 0. The topological polar surface area (TPSA) is 0 Å². The number of rotatable bonds is 6. The molecule has 1 rings (SSSR count). The second kappa shape index (κ2) is 6.06. The minimum absolute atomic E-state index is 0.731. The van der Waals surface area contributed by atoms with Crippen molar-refractivity contribution < 1.29 is 0 Å². The highest BCUT2D eigenvalue weighted by Crippen LogP contribution is 2.41. The molecule has 0 N–H and O–H groups in total. The van der Waals surface area contributed by atoms with E-state index in [0.717, 1.165) is 5.41 Å². The minimum Gasteiger partial charge on any atom is -0.0928 e. The van der Waals surface area contributed by atoms with Gasteiger partial charge in [0.1, 0.15) is 0 Å². The molecule has 1 aliphatic carbocycles. The Labute approximate surface area is 91.6 Å². The first kappa shape index (κ1) is 11.6. The van der Waals surface area contributed by atoms with Crippen LogP contribution in [0.25, 0.3) is 0 Å². The van der Waals surface area contributed by atoms with Gasteiger partial charge in [-0.2, -0.15) is 0 Å². The second-order valence-electron chi connectivity index (χ2n) is 4.87. The van der Waals surface area contributed by atoms with Gasteiger partial charge in [-0.15, -0.1) is 0 Å². The molecule has 0 nitrogen and oxygen atoms in total. The maximum atomic E-state index is 3.48. The van der Waals surface area contributed by atoms with E-state index in [-0.39, 0.29) is 0 Å². The van der Waals surface area contributed by atoms with Gasteiger partial charge in [0.25, 0.3) is 0 Å². The van der Waals surface area contributed by atoms with Crippen LogP contribution in [-0.2, 0) is 0 Å². The maximum Gasteiger partial charge on any atom is 0.00313 e. The molecule has 13 heavy (non-hydrogen) atoms. The smallest absolute Gasteiger partial charge is 0.00313 e. The number of unbranched alkanes of at least 4 members (excludes halogenated alkanes) is 3. The van der Waals surface area contributed by atoms with E-state index >= 15 is 0 Å². The van der Waals surface area contributed by atoms with Gasteiger partial charge in [-0.25, -0.2) is 0 Å². The fourth-order valence-electron chi connectivity index (χ4n) is 2.48. The Kier molecular flexibility index (Phi) is 5.38. The van der Waals surface area contributed by atoms with E-state index in [0.29, 0.717) is 0 Å². The molecule has 1 fully saturated rings. The molecule has 0 aromatic heterocycles. The van der Waals surface area contributed by atoms with Crippen LogP contribution in [0.4, 0.5) is 0 Å². The second-order valence-corrected chi connectivity index (χ2v) is 5.66. The average Bonchev–Trinajstić information content (AvgIpc) is 2.53. The van der Waals surface area contributed by atoms with Crippen molar-refractivity contribution in [1.29, 1.82) is 0 Å². The van der Waals surface area contributed by atoms with Gasteiger partial charge in [0.2, 0.25) is 0 Å². The van der Waals surface area contributed by atoms with Crippen LogP contribution in [0.1, 0.15) is 64.7 Å². The van der Waals surface area contributed by atoms with Gasteiger partial charge in [0.05, 0.1) is 0 Å². The molecule has 78 valence electrons. The normalized spacial score (nSPS) is 20.8. The molecule has 0 aromatic carbocycles. The lowest BCUT2D eigenvalue weighted by Crippen LogP contribution is -2.10. The molecule has 0 amide bonds. The van der Waals surface area contributed by atoms with Crippen molar-refractivity contribution in [3.05, 3.63) is 0 Å². The van der Waals surface area contributed by atoms with Crippen molar-refractivity contribution >= 4 is 15.9 Å². The van der Waals surface area contributed by atoms with Crippen LogP contribution in [0.5, 0.6) is 0 Å². The Morgan fingerprint density at radius 1 is 1.00 bits per heavy atom. The Hall–Kier alpha value is 0.480. The van der Waals surface area contributed by atoms with E-state index < -0.39 is 0 Å². The molecular formula is C12H23Br. The van der Waals surface area contributed by atoms with Crippen LogP contribution in [0.3, 0.4) is 0 Å². The van der Waals surface area contributed by atoms with E-state index in [1.807, 2.05) is 0 Å². The van der Waals surface area contributed by atoms with Gasteiger partial charge >= 0.3 is 0 Å². The third-order valence-corrected chi connectivity index (χ3v) is 4.04. The average molecular weight is 247 g/mol. The highest BCUT2D eigenvalue weighted by Gasteiger charge is 2.27. The van der Waals surface area contributed by atoms with Crippen LogP contribution in [0, 0.1) is 5.41 Å². The van der Waals surface area contributed by atoms with E-state index in [4.69, 9.17) is 0 Å². The number of halogens is 1. The zero-order valence-electron chi connectivity index (χ0n) is 8.95. The molecule has 0 spiro atoms. The lowest BCUT2D eigenvalue weighted by molar-refractivity contribution is 0.295. The molecule has 1 saturated carbocycles. The van der Waals surface area contributed by atoms with Crippen molar-refractivity contribution in [3.8, 4) is 0 Å². The first-order valence-corrected chi connectivity index (χ1v) is 6.95. The Balaban J connectivity index is 1.98. The Bertz CT molecular complexity index is 125. The molecule has 0 bridgehead atoms. The standard InChI is InChI=1S/C12H23Br/c1-12(9-5-6-10-12)8-4-2-3-7-11-13/h2-11H2,1H3. The van der Waals surface area contributed by atoms with Crippen LogP contribution in [0.2, 0.25) is 0 Å². The van der Waals surface area contributed by atoms with Gasteiger partial charge in [-0.05, 0) is 31.1 Å². The molecule has 0 heterocycles. The van der Waals surface area contributed by atoms with Crippen LogP contribution in [0.15, 0.2) is 0 Å². The third-order valence-electron chi connectivity index (χ3n) is 3.47. The summed E-state index contributed by atoms with van der Waals surface area (Å²) in [5.74, 6) is 0. The van der Waals surface area contributed by atoms with Gasteiger partial charge in [-0.1, -0.05) is 55.0 Å². The number of alkyl halides is 1. The summed E-state index contributed by atoms with van der Waals surface area (Å²) in [6.45, 7) is 2.49. The molecule has 0 aliphatic heterocycles. The van der Waals surface area contributed by atoms with Crippen molar-refractivity contribution in [1.82, 2.24) is 0 Å². The van der Waals surface area contributed by atoms with Crippen LogP contribution in [-0.4, -0.2) is 5.33 Å². The first-order chi connectivity index (χ1) is 6.27. The Morgan fingerprint density at radius 2 is 1.62 bits per heavy atom. The van der Waals surface area contributed by atoms with E-state index in [1.54, 1.807) is 0 Å². The van der Waals surface area contributed by atoms with Crippen LogP contribution >= 0.6 is 15.9 Å². The SMILES string of the molecule is CC1(CCCCCCBr)CCCC1. The molecular weight excluding hydrogens is 224 g/mol. The lowest BCUT2D eigenvalue weighted by atomic mass is 9.83. The van der Waals surface area contributed by atoms with Crippen molar-refractivity contribution in [2.24, 2.45) is 5.41 Å². The van der Waals surface area contributed by atoms with E-state index in [2.05, 4.69) is 22.9 Å². The first-order valence-electron chi connectivity index (χ1n) is 5.83. The molecule has 0 radical (unpaired) electrons. The molecule has 1 aliphatic rings. The molecule has 1 heteroatoms. The zero-order chi connectivity index (χ0) is 9.57. The van der Waals surface area contributed by atoms with Gasteiger partial charge in [0.15, 0.2) is 0 Å². The van der Waals surface area contributed by atoms with Crippen molar-refractivity contribution in [3.63, 3.8) is 0 Å². The van der Waals surface area contributed by atoms with Crippen molar-refractivity contribution in [2.45, 2.75) is 64.7 Å². The number of hydrogen-bond donors (Lipinski definition) is 0. The zero-order valence-corrected chi connectivity index (χ0v) is 10.5. The monoisotopic (exact) mass is 246 g/mol. The largest absolute Gasteiger partial charge is 0.0928 e. The maximum absolute atomic E-state index is 3.48. The highest BCUT2D eigenvalue weighted by atomic mass is 79.9. The predicted octanol–water partition coefficient (Wildman–Crippen LogP) is 4.91. The molecule has 0 saturated heterocycles. The fraction of sp³-hybridized carbons (Fsp3) is 1.00. The molecule has 0 atom stereocenters. The van der Waals surface area contributed by atoms with E-state index in [1.165, 1.54) is 63.1 Å². The predicted molar refractivity (Wildman–Crippen MR) is 63.5 cm³/mol. The summed E-state index contributed by atoms with van der Waals surface area (Å²) in [5.41, 5.74) is 0.731. The third kappa shape index (κ3) is 4.49. The van der Waals surface area contributed by atoms with Gasteiger partial charge in [0, 0.05) is 5.33 Å². The number of hydrogen-bond acceptors (Lipinski definition) is 0. The fourth-order valence-corrected chi connectivity index (χ4v) is 2.87. The van der Waals surface area contributed by atoms with Gasteiger partial charge in [-0.3, -0.25) is 0 Å². The molecule has 0 aromatic rings. The quantitative estimate of drug-likeness (QED) is 0.462. The van der Waals surface area contributed by atoms with Crippen LogP contribution < -0.4 is 0 Å². The summed E-state index contributed by atoms with van der Waals surface area (Å²) in [6, 6.07) is 0. The summed E-state index contributed by atoms with van der Waals surface area (Å²) in [4.78, 5) is 0. The summed E-state index contributed by atoms with van der Waals surface area (Å²) >= 11 is 3.48.